The second-order valence-electron chi connectivity index (χ2n) is 7.19. The monoisotopic (exact) mass is 424 g/mol. The van der Waals surface area contributed by atoms with E-state index in [1.165, 1.54) is 18.3 Å². The quantitative estimate of drug-likeness (QED) is 0.508. The van der Waals surface area contributed by atoms with Gasteiger partial charge in [0.1, 0.15) is 5.69 Å². The third-order valence-electron chi connectivity index (χ3n) is 5.18. The highest BCUT2D eigenvalue weighted by Gasteiger charge is 2.21. The van der Waals surface area contributed by atoms with E-state index in [-0.39, 0.29) is 29.1 Å². The summed E-state index contributed by atoms with van der Waals surface area (Å²) in [5, 5.41) is 19.1. The Morgan fingerprint density at radius 2 is 2.10 bits per heavy atom. The molecule has 3 N–H and O–H groups in total. The number of rotatable bonds is 4. The third-order valence-corrected chi connectivity index (χ3v) is 5.18. The minimum absolute atomic E-state index is 0.0419. The maximum absolute atomic E-state index is 14.3. The summed E-state index contributed by atoms with van der Waals surface area (Å²) < 4.78 is 31.0. The number of halogens is 2. The van der Waals surface area contributed by atoms with E-state index < -0.39 is 11.6 Å². The lowest BCUT2D eigenvalue weighted by molar-refractivity contribution is 0.347. The number of nitrogen functional groups attached to an aromatic ring is 1. The molecule has 0 radical (unpaired) electrons. The predicted molar refractivity (Wildman–Crippen MR) is 107 cm³/mol. The van der Waals surface area contributed by atoms with Crippen molar-refractivity contribution in [2.45, 2.75) is 18.9 Å². The summed E-state index contributed by atoms with van der Waals surface area (Å²) in [4.78, 5) is 8.74. The molecule has 1 aliphatic heterocycles. The lowest BCUT2D eigenvalue weighted by Crippen LogP contribution is -2.31. The largest absolute Gasteiger partial charge is 0.382 e. The average molecular weight is 424 g/mol. The zero-order valence-corrected chi connectivity index (χ0v) is 16.3. The molecule has 0 unspecified atom stereocenters. The lowest BCUT2D eigenvalue weighted by atomic mass is 10.1. The Morgan fingerprint density at radius 3 is 2.94 bits per heavy atom. The number of nitrogens with zero attached hydrogens (tertiary/aromatic N) is 8. The fourth-order valence-electron chi connectivity index (χ4n) is 3.58. The number of nitrogens with one attached hydrogen (secondary N) is 1. The molecule has 4 aromatic rings. The van der Waals surface area contributed by atoms with E-state index in [9.17, 15) is 8.78 Å². The van der Waals surface area contributed by atoms with Crippen LogP contribution in [0.1, 0.15) is 18.9 Å². The number of piperidine rings is 1. The highest BCUT2D eigenvalue weighted by Crippen LogP contribution is 2.27. The van der Waals surface area contributed by atoms with Crippen LogP contribution in [0.4, 0.5) is 14.6 Å². The standard InChI is InChI=1S/C19H18F2N10/c20-13-4-1-5-15(16(13)21)31-19(27-28-29-31)17-18(22)24-9-14(26-17)11-7-25-30(10-11)12-3-2-6-23-8-12/h1,4-5,7,9-10,12,23H,2-3,6,8H2,(H2,22,24)/t12-/m0/s1. The van der Waals surface area contributed by atoms with Crippen molar-refractivity contribution >= 4 is 5.82 Å². The van der Waals surface area contributed by atoms with E-state index in [0.717, 1.165) is 42.2 Å². The molecule has 31 heavy (non-hydrogen) atoms. The second kappa shape index (κ2) is 7.80. The summed E-state index contributed by atoms with van der Waals surface area (Å²) in [6.07, 6.45) is 7.26. The zero-order valence-electron chi connectivity index (χ0n) is 16.3. The van der Waals surface area contributed by atoms with Gasteiger partial charge in [-0.15, -0.1) is 5.10 Å². The molecule has 10 nitrogen and oxygen atoms in total. The fourth-order valence-corrected chi connectivity index (χ4v) is 3.58. The van der Waals surface area contributed by atoms with Crippen molar-refractivity contribution in [1.82, 2.24) is 45.3 Å². The van der Waals surface area contributed by atoms with E-state index in [1.54, 1.807) is 6.20 Å². The Morgan fingerprint density at radius 1 is 1.19 bits per heavy atom. The lowest BCUT2D eigenvalue weighted by Gasteiger charge is -2.22. The summed E-state index contributed by atoms with van der Waals surface area (Å²) in [6, 6.07) is 4.00. The minimum atomic E-state index is -1.08. The van der Waals surface area contributed by atoms with Crippen LogP contribution < -0.4 is 11.1 Å². The number of tetrazole rings is 1. The zero-order chi connectivity index (χ0) is 21.4. The smallest absolute Gasteiger partial charge is 0.209 e. The molecule has 0 amide bonds. The first-order valence-electron chi connectivity index (χ1n) is 9.72. The number of anilines is 1. The number of nitrogens with two attached hydrogens (primary N) is 1. The summed E-state index contributed by atoms with van der Waals surface area (Å²) in [6.45, 7) is 1.87. The van der Waals surface area contributed by atoms with Crippen LogP contribution in [0.2, 0.25) is 0 Å². The minimum Gasteiger partial charge on any atom is -0.382 e. The van der Waals surface area contributed by atoms with Gasteiger partial charge in [0.05, 0.1) is 24.1 Å². The van der Waals surface area contributed by atoms with Crippen molar-refractivity contribution in [2.24, 2.45) is 0 Å². The number of benzene rings is 1. The summed E-state index contributed by atoms with van der Waals surface area (Å²) in [5.74, 6) is -2.00. The van der Waals surface area contributed by atoms with E-state index >= 15 is 0 Å². The Labute approximate surface area is 175 Å². The van der Waals surface area contributed by atoms with Crippen molar-refractivity contribution in [3.8, 4) is 28.5 Å². The molecule has 5 rings (SSSR count). The van der Waals surface area contributed by atoms with Crippen LogP contribution in [0.15, 0.2) is 36.8 Å². The average Bonchev–Trinajstić information content (AvgIpc) is 3.47. The second-order valence-corrected chi connectivity index (χ2v) is 7.19. The normalized spacial score (nSPS) is 16.5. The van der Waals surface area contributed by atoms with Crippen LogP contribution in [-0.4, -0.2) is 53.0 Å². The molecule has 1 fully saturated rings. The first-order valence-corrected chi connectivity index (χ1v) is 9.72. The van der Waals surface area contributed by atoms with E-state index in [1.807, 2.05) is 10.9 Å². The van der Waals surface area contributed by atoms with Gasteiger partial charge >= 0.3 is 0 Å². The van der Waals surface area contributed by atoms with Gasteiger partial charge in [0.25, 0.3) is 0 Å². The molecule has 4 heterocycles. The number of aromatic nitrogens is 8. The van der Waals surface area contributed by atoms with Gasteiger partial charge < -0.3 is 11.1 Å². The van der Waals surface area contributed by atoms with Crippen molar-refractivity contribution in [1.29, 1.82) is 0 Å². The molecule has 0 aliphatic carbocycles. The Hall–Kier alpha value is -3.80. The van der Waals surface area contributed by atoms with Gasteiger partial charge in [-0.3, -0.25) is 4.68 Å². The fraction of sp³-hybridized carbons (Fsp3) is 0.263. The number of hydrogen-bond acceptors (Lipinski definition) is 8. The van der Waals surface area contributed by atoms with Gasteiger partial charge in [-0.05, 0) is 41.9 Å². The highest BCUT2D eigenvalue weighted by molar-refractivity contribution is 5.69. The Kier molecular flexibility index (Phi) is 4.82. The van der Waals surface area contributed by atoms with E-state index in [0.29, 0.717) is 5.69 Å². The highest BCUT2D eigenvalue weighted by atomic mass is 19.2. The molecule has 0 saturated carbocycles. The van der Waals surface area contributed by atoms with Gasteiger partial charge in [0, 0.05) is 18.3 Å². The van der Waals surface area contributed by atoms with Crippen LogP contribution in [0.3, 0.4) is 0 Å². The van der Waals surface area contributed by atoms with Gasteiger partial charge in [-0.2, -0.15) is 9.78 Å². The first kappa shape index (κ1) is 19.2. The van der Waals surface area contributed by atoms with Crippen molar-refractivity contribution in [3.63, 3.8) is 0 Å². The van der Waals surface area contributed by atoms with Crippen molar-refractivity contribution < 1.29 is 8.78 Å². The SMILES string of the molecule is Nc1ncc(-c2cnn([C@H]3CCCNC3)c2)nc1-c1nnnn1-c1cccc(F)c1F. The van der Waals surface area contributed by atoms with Crippen LogP contribution in [-0.2, 0) is 0 Å². The molecule has 1 aliphatic rings. The summed E-state index contributed by atoms with van der Waals surface area (Å²) in [5.41, 5.74) is 7.26. The first-order chi connectivity index (χ1) is 15.1. The maximum atomic E-state index is 14.3. The van der Waals surface area contributed by atoms with Gasteiger partial charge in [-0.1, -0.05) is 6.07 Å². The van der Waals surface area contributed by atoms with Crippen LogP contribution in [0.5, 0.6) is 0 Å². The molecule has 1 saturated heterocycles. The molecule has 158 valence electrons. The maximum Gasteiger partial charge on any atom is 0.209 e. The summed E-state index contributed by atoms with van der Waals surface area (Å²) >= 11 is 0. The number of hydrogen-bond donors (Lipinski definition) is 2. The van der Waals surface area contributed by atoms with Gasteiger partial charge in [-0.25, -0.2) is 18.7 Å². The van der Waals surface area contributed by atoms with E-state index in [2.05, 4.69) is 35.9 Å². The van der Waals surface area contributed by atoms with Crippen LogP contribution in [0.25, 0.3) is 28.5 Å². The third kappa shape index (κ3) is 3.50. The predicted octanol–water partition coefficient (Wildman–Crippen LogP) is 1.77. The molecule has 3 aromatic heterocycles. The van der Waals surface area contributed by atoms with Crippen LogP contribution in [0, 0.1) is 11.6 Å². The van der Waals surface area contributed by atoms with Crippen molar-refractivity contribution in [3.05, 3.63) is 48.4 Å². The molecular weight excluding hydrogens is 406 g/mol. The topological polar surface area (TPSA) is 125 Å². The Bertz CT molecular complexity index is 1230. The molecule has 0 spiro atoms. The molecule has 1 atom stereocenters. The van der Waals surface area contributed by atoms with Gasteiger partial charge in [0.15, 0.2) is 23.1 Å². The Balaban J connectivity index is 1.53. The van der Waals surface area contributed by atoms with Crippen LogP contribution >= 0.6 is 0 Å². The summed E-state index contributed by atoms with van der Waals surface area (Å²) in [7, 11) is 0. The molecular formula is C19H18F2N10. The molecule has 1 aromatic carbocycles. The van der Waals surface area contributed by atoms with Crippen molar-refractivity contribution in [2.75, 3.05) is 18.8 Å². The molecule has 0 bridgehead atoms. The van der Waals surface area contributed by atoms with Gasteiger partial charge in [0.2, 0.25) is 5.82 Å². The molecule has 12 heteroatoms. The van der Waals surface area contributed by atoms with E-state index in [4.69, 9.17) is 5.73 Å².